The van der Waals surface area contributed by atoms with Crippen LogP contribution in [0, 0.1) is 0 Å². The fourth-order valence-electron chi connectivity index (χ4n) is 3.28. The molecule has 0 saturated carbocycles. The molecular weight excluding hydrogens is 600 g/mol. The SMILES string of the molecule is CC(Sc1cccc(NC(=O)c2c(Cl)c(Cl)c(Cl)c(Cl)c2C(=O)O)c1)C(=O)Nc1nc2ccccc2s1. The lowest BCUT2D eigenvalue weighted by Gasteiger charge is -2.15. The van der Waals surface area contributed by atoms with E-state index in [1.807, 2.05) is 24.3 Å². The van der Waals surface area contributed by atoms with E-state index in [2.05, 4.69) is 15.6 Å². The van der Waals surface area contributed by atoms with Crippen molar-refractivity contribution in [3.63, 3.8) is 0 Å². The molecule has 7 nitrogen and oxygen atoms in total. The molecule has 0 aliphatic rings. The topological polar surface area (TPSA) is 108 Å². The number of benzene rings is 3. The van der Waals surface area contributed by atoms with Gasteiger partial charge in [-0.2, -0.15) is 0 Å². The summed E-state index contributed by atoms with van der Waals surface area (Å²) in [5.74, 6) is -2.57. The van der Waals surface area contributed by atoms with E-state index in [1.54, 1.807) is 31.2 Å². The molecule has 4 aromatic rings. The van der Waals surface area contributed by atoms with Crippen LogP contribution in [0.2, 0.25) is 20.1 Å². The van der Waals surface area contributed by atoms with Gasteiger partial charge in [-0.05, 0) is 37.3 Å². The molecule has 37 heavy (non-hydrogen) atoms. The average Bonchev–Trinajstić information content (AvgIpc) is 3.26. The molecule has 1 atom stereocenters. The third kappa shape index (κ3) is 5.98. The summed E-state index contributed by atoms with van der Waals surface area (Å²) < 4.78 is 0.968. The number of hydrogen-bond donors (Lipinski definition) is 3. The Hall–Kier alpha value is -2.53. The van der Waals surface area contributed by atoms with E-state index in [-0.39, 0.29) is 21.0 Å². The maximum atomic E-state index is 13.0. The second-order valence-electron chi connectivity index (χ2n) is 7.53. The quantitative estimate of drug-likeness (QED) is 0.111. The van der Waals surface area contributed by atoms with Crippen molar-refractivity contribution in [2.45, 2.75) is 17.1 Å². The Kier molecular flexibility index (Phi) is 8.52. The zero-order chi connectivity index (χ0) is 26.9. The van der Waals surface area contributed by atoms with Gasteiger partial charge in [-0.15, -0.1) is 11.8 Å². The van der Waals surface area contributed by atoms with Crippen LogP contribution in [0.15, 0.2) is 53.4 Å². The highest BCUT2D eigenvalue weighted by molar-refractivity contribution is 8.00. The number of rotatable bonds is 7. The highest BCUT2D eigenvalue weighted by Gasteiger charge is 2.29. The number of carboxylic acids is 1. The summed E-state index contributed by atoms with van der Waals surface area (Å²) in [5.41, 5.74) is 0.156. The summed E-state index contributed by atoms with van der Waals surface area (Å²) in [6.45, 7) is 1.75. The Labute approximate surface area is 239 Å². The summed E-state index contributed by atoms with van der Waals surface area (Å²) >= 11 is 26.8. The number of aromatic nitrogens is 1. The predicted octanol–water partition coefficient (Wildman–Crippen LogP) is 7.98. The van der Waals surface area contributed by atoms with Crippen LogP contribution in [0.1, 0.15) is 27.6 Å². The number of amides is 2. The first-order chi connectivity index (χ1) is 17.6. The summed E-state index contributed by atoms with van der Waals surface area (Å²) in [6, 6.07) is 14.3. The average molecular weight is 615 g/mol. The number of thioether (sulfide) groups is 1. The third-order valence-electron chi connectivity index (χ3n) is 5.01. The number of thiazole rings is 1. The Morgan fingerprint density at radius 2 is 1.59 bits per heavy atom. The number of nitrogens with zero attached hydrogens (tertiary/aromatic N) is 1. The first kappa shape index (κ1) is 27.5. The molecule has 190 valence electrons. The number of nitrogens with one attached hydrogen (secondary N) is 2. The van der Waals surface area contributed by atoms with E-state index in [1.165, 1.54) is 23.1 Å². The lowest BCUT2D eigenvalue weighted by molar-refractivity contribution is -0.115. The van der Waals surface area contributed by atoms with Gasteiger partial charge in [-0.1, -0.05) is 75.9 Å². The third-order valence-corrected chi connectivity index (χ3v) is 8.85. The number of fused-ring (bicyclic) bond motifs is 1. The zero-order valence-electron chi connectivity index (χ0n) is 18.6. The number of carbonyl (C=O) groups excluding carboxylic acids is 2. The molecule has 1 aromatic heterocycles. The summed E-state index contributed by atoms with van der Waals surface area (Å²) in [5, 5.41) is 13.8. The normalized spacial score (nSPS) is 11.8. The molecule has 13 heteroatoms. The molecular formula is C24H15Cl4N3O4S2. The number of carbonyl (C=O) groups is 3. The van der Waals surface area contributed by atoms with Gasteiger partial charge in [-0.25, -0.2) is 9.78 Å². The molecule has 0 aliphatic heterocycles. The molecule has 3 N–H and O–H groups in total. The Morgan fingerprint density at radius 1 is 0.919 bits per heavy atom. The van der Waals surface area contributed by atoms with Crippen molar-refractivity contribution < 1.29 is 19.5 Å². The van der Waals surface area contributed by atoms with Crippen LogP contribution in [-0.4, -0.2) is 33.1 Å². The van der Waals surface area contributed by atoms with Crippen LogP contribution in [0.3, 0.4) is 0 Å². The maximum absolute atomic E-state index is 13.0. The van der Waals surface area contributed by atoms with Crippen molar-refractivity contribution in [3.8, 4) is 0 Å². The molecule has 0 saturated heterocycles. The van der Waals surface area contributed by atoms with Crippen LogP contribution < -0.4 is 10.6 Å². The molecule has 4 rings (SSSR count). The van der Waals surface area contributed by atoms with Gasteiger partial charge in [0.15, 0.2) is 5.13 Å². The number of para-hydroxylation sites is 1. The Morgan fingerprint density at radius 3 is 2.27 bits per heavy atom. The van der Waals surface area contributed by atoms with E-state index < -0.39 is 33.3 Å². The number of hydrogen-bond acceptors (Lipinski definition) is 6. The van der Waals surface area contributed by atoms with Crippen LogP contribution in [0.25, 0.3) is 10.2 Å². The molecule has 0 bridgehead atoms. The van der Waals surface area contributed by atoms with Gasteiger partial charge in [0.25, 0.3) is 5.91 Å². The monoisotopic (exact) mass is 613 g/mol. The van der Waals surface area contributed by atoms with Crippen LogP contribution in [0.4, 0.5) is 10.8 Å². The first-order valence-corrected chi connectivity index (χ1v) is 13.6. The molecule has 1 heterocycles. The van der Waals surface area contributed by atoms with Gasteiger partial charge in [0.05, 0.1) is 46.7 Å². The van der Waals surface area contributed by atoms with Crippen LogP contribution in [0.5, 0.6) is 0 Å². The van der Waals surface area contributed by atoms with E-state index in [0.717, 1.165) is 10.2 Å². The van der Waals surface area contributed by atoms with E-state index in [4.69, 9.17) is 46.4 Å². The highest BCUT2D eigenvalue weighted by atomic mass is 35.5. The Balaban J connectivity index is 1.49. The molecule has 0 radical (unpaired) electrons. The van der Waals surface area contributed by atoms with Crippen molar-refractivity contribution in [1.29, 1.82) is 0 Å². The number of aromatic carboxylic acids is 1. The minimum atomic E-state index is -1.49. The van der Waals surface area contributed by atoms with Gasteiger partial charge in [0.1, 0.15) is 0 Å². The summed E-state index contributed by atoms with van der Waals surface area (Å²) in [7, 11) is 0. The molecule has 0 fully saturated rings. The number of anilines is 2. The molecule has 3 aromatic carbocycles. The number of carboxylic acid groups (broad SMARTS) is 1. The largest absolute Gasteiger partial charge is 0.478 e. The van der Waals surface area contributed by atoms with Crippen molar-refractivity contribution in [1.82, 2.24) is 4.98 Å². The molecule has 2 amide bonds. The van der Waals surface area contributed by atoms with Crippen molar-refractivity contribution in [2.75, 3.05) is 10.6 Å². The van der Waals surface area contributed by atoms with Crippen LogP contribution >= 0.6 is 69.5 Å². The summed E-state index contributed by atoms with van der Waals surface area (Å²) in [6.07, 6.45) is 0. The minimum Gasteiger partial charge on any atom is -0.478 e. The second kappa shape index (κ2) is 11.5. The highest BCUT2D eigenvalue weighted by Crippen LogP contribution is 2.42. The summed E-state index contributed by atoms with van der Waals surface area (Å²) in [4.78, 5) is 42.6. The van der Waals surface area contributed by atoms with Gasteiger partial charge < -0.3 is 15.7 Å². The first-order valence-electron chi connectivity index (χ1n) is 10.4. The van der Waals surface area contributed by atoms with E-state index in [0.29, 0.717) is 15.7 Å². The number of halogens is 4. The fraction of sp³-hybridized carbons (Fsp3) is 0.0833. The van der Waals surface area contributed by atoms with Crippen molar-refractivity contribution in [2.24, 2.45) is 0 Å². The smallest absolute Gasteiger partial charge is 0.338 e. The maximum Gasteiger partial charge on any atom is 0.338 e. The van der Waals surface area contributed by atoms with Crippen molar-refractivity contribution >= 4 is 108 Å². The van der Waals surface area contributed by atoms with E-state index in [9.17, 15) is 19.5 Å². The lowest BCUT2D eigenvalue weighted by Crippen LogP contribution is -2.22. The van der Waals surface area contributed by atoms with E-state index >= 15 is 0 Å². The molecule has 0 spiro atoms. The van der Waals surface area contributed by atoms with Gasteiger partial charge in [0.2, 0.25) is 5.91 Å². The lowest BCUT2D eigenvalue weighted by atomic mass is 10.1. The standard InChI is InChI=1S/C24H15Cl4N3O4S2/c1-10(21(32)31-24-30-13-7-2-3-8-14(13)37-24)36-12-6-4-5-11(9-12)29-22(33)15-16(23(34)35)18(26)20(28)19(27)17(15)25/h2-10H,1H3,(H,29,33)(H,34,35)(H,30,31,32). The predicted molar refractivity (Wildman–Crippen MR) is 151 cm³/mol. The zero-order valence-corrected chi connectivity index (χ0v) is 23.3. The Bertz CT molecular complexity index is 1530. The van der Waals surface area contributed by atoms with Gasteiger partial charge in [-0.3, -0.25) is 9.59 Å². The van der Waals surface area contributed by atoms with Crippen molar-refractivity contribution in [3.05, 3.63) is 79.7 Å². The fourth-order valence-corrected chi connectivity index (χ4v) is 6.09. The molecule has 0 aliphatic carbocycles. The molecule has 1 unspecified atom stereocenters. The minimum absolute atomic E-state index is 0.234. The second-order valence-corrected chi connectivity index (χ2v) is 11.5. The van der Waals surface area contributed by atoms with Crippen LogP contribution in [-0.2, 0) is 4.79 Å². The van der Waals surface area contributed by atoms with Gasteiger partial charge >= 0.3 is 5.97 Å². The van der Waals surface area contributed by atoms with Gasteiger partial charge in [0, 0.05) is 10.6 Å².